The Morgan fingerprint density at radius 3 is 2.67 bits per heavy atom. The first kappa shape index (κ1) is 21.4. The van der Waals surface area contributed by atoms with Crippen molar-refractivity contribution in [3.05, 3.63) is 0 Å². The molecule has 2 rings (SSSR count). The Kier molecular flexibility index (Phi) is 10.6. The van der Waals surface area contributed by atoms with E-state index in [4.69, 9.17) is 4.74 Å². The number of ether oxygens (including phenoxy) is 1. The van der Waals surface area contributed by atoms with Gasteiger partial charge in [-0.25, -0.2) is 0 Å². The summed E-state index contributed by atoms with van der Waals surface area (Å²) in [6.45, 7) is 11.8. The van der Waals surface area contributed by atoms with Gasteiger partial charge in [0, 0.05) is 51.7 Å². The first-order valence-corrected chi connectivity index (χ1v) is 8.85. The van der Waals surface area contributed by atoms with E-state index in [1.165, 1.54) is 0 Å². The molecule has 1 unspecified atom stereocenters. The predicted octanol–water partition coefficient (Wildman–Crippen LogP) is 0.503. The smallest absolute Gasteiger partial charge is 0.222 e. The molecule has 2 saturated heterocycles. The molecule has 0 aliphatic carbocycles. The van der Waals surface area contributed by atoms with Crippen molar-refractivity contribution < 1.29 is 9.53 Å². The SMILES string of the molecule is CCNC(=NCCN1CCOCC1)NC1CCN(C(=O)CC)C1.I. The van der Waals surface area contributed by atoms with Crippen LogP contribution in [0, 0.1) is 0 Å². The summed E-state index contributed by atoms with van der Waals surface area (Å²) in [6.07, 6.45) is 1.57. The van der Waals surface area contributed by atoms with Crippen LogP contribution in [0.5, 0.6) is 0 Å². The van der Waals surface area contributed by atoms with Crippen LogP contribution in [0.2, 0.25) is 0 Å². The highest BCUT2D eigenvalue weighted by atomic mass is 127. The molecule has 0 saturated carbocycles. The third-order valence-corrected chi connectivity index (χ3v) is 4.32. The van der Waals surface area contributed by atoms with Crippen LogP contribution in [0.1, 0.15) is 26.7 Å². The molecule has 0 aromatic heterocycles. The van der Waals surface area contributed by atoms with Crippen molar-refractivity contribution in [1.29, 1.82) is 0 Å². The number of carbonyl (C=O) groups excluding carboxylic acids is 1. The van der Waals surface area contributed by atoms with E-state index >= 15 is 0 Å². The van der Waals surface area contributed by atoms with E-state index in [2.05, 4.69) is 27.4 Å². The molecule has 7 nitrogen and oxygen atoms in total. The standard InChI is InChI=1S/C16H31N5O2.HI/c1-3-15(22)21-7-5-14(13-21)19-16(17-4-2)18-6-8-20-9-11-23-12-10-20;/h14H,3-13H2,1-2H3,(H2,17,18,19);1H. The summed E-state index contributed by atoms with van der Waals surface area (Å²) in [4.78, 5) is 20.7. The molecule has 0 bridgehead atoms. The van der Waals surface area contributed by atoms with Crippen LogP contribution >= 0.6 is 24.0 Å². The monoisotopic (exact) mass is 453 g/mol. The van der Waals surface area contributed by atoms with Crippen molar-refractivity contribution in [3.63, 3.8) is 0 Å². The molecule has 0 aromatic rings. The van der Waals surface area contributed by atoms with Gasteiger partial charge in [-0.2, -0.15) is 0 Å². The number of carbonyl (C=O) groups is 1. The van der Waals surface area contributed by atoms with Crippen LogP contribution in [0.25, 0.3) is 0 Å². The zero-order valence-electron chi connectivity index (χ0n) is 14.9. The molecule has 140 valence electrons. The summed E-state index contributed by atoms with van der Waals surface area (Å²) in [7, 11) is 0. The van der Waals surface area contributed by atoms with Crippen molar-refractivity contribution in [2.75, 3.05) is 59.0 Å². The van der Waals surface area contributed by atoms with Gasteiger partial charge in [0.2, 0.25) is 5.91 Å². The van der Waals surface area contributed by atoms with Crippen LogP contribution in [0.15, 0.2) is 4.99 Å². The molecule has 1 amide bonds. The normalized spacial score (nSPS) is 22.2. The predicted molar refractivity (Wildman–Crippen MR) is 107 cm³/mol. The largest absolute Gasteiger partial charge is 0.379 e. The van der Waals surface area contributed by atoms with E-state index in [1.807, 2.05) is 11.8 Å². The van der Waals surface area contributed by atoms with Gasteiger partial charge in [-0.1, -0.05) is 6.92 Å². The molecule has 2 N–H and O–H groups in total. The molecule has 2 heterocycles. The Balaban J connectivity index is 0.00000288. The van der Waals surface area contributed by atoms with Gasteiger partial charge in [0.1, 0.15) is 0 Å². The Morgan fingerprint density at radius 2 is 2.00 bits per heavy atom. The van der Waals surface area contributed by atoms with E-state index < -0.39 is 0 Å². The summed E-state index contributed by atoms with van der Waals surface area (Å²) < 4.78 is 5.36. The number of rotatable bonds is 6. The molecule has 24 heavy (non-hydrogen) atoms. The topological polar surface area (TPSA) is 69.2 Å². The van der Waals surface area contributed by atoms with Crippen molar-refractivity contribution >= 4 is 35.8 Å². The lowest BCUT2D eigenvalue weighted by Crippen LogP contribution is -2.45. The fourth-order valence-corrected chi connectivity index (χ4v) is 2.97. The Hall–Kier alpha value is -0.610. The second-order valence-electron chi connectivity index (χ2n) is 6.04. The number of aliphatic imine (C=N–C) groups is 1. The van der Waals surface area contributed by atoms with Gasteiger partial charge < -0.3 is 20.3 Å². The summed E-state index contributed by atoms with van der Waals surface area (Å²) >= 11 is 0. The number of hydrogen-bond acceptors (Lipinski definition) is 4. The lowest BCUT2D eigenvalue weighted by Gasteiger charge is -2.26. The Labute approximate surface area is 162 Å². The minimum atomic E-state index is 0. The molecular formula is C16H32IN5O2. The summed E-state index contributed by atoms with van der Waals surface area (Å²) in [6, 6.07) is 0.298. The van der Waals surface area contributed by atoms with Gasteiger partial charge in [0.05, 0.1) is 19.8 Å². The maximum atomic E-state index is 11.8. The van der Waals surface area contributed by atoms with Crippen molar-refractivity contribution in [3.8, 4) is 0 Å². The van der Waals surface area contributed by atoms with Gasteiger partial charge >= 0.3 is 0 Å². The zero-order valence-corrected chi connectivity index (χ0v) is 17.3. The van der Waals surface area contributed by atoms with E-state index in [-0.39, 0.29) is 29.9 Å². The molecule has 2 aliphatic heterocycles. The molecular weight excluding hydrogens is 421 g/mol. The first-order chi connectivity index (χ1) is 11.2. The van der Waals surface area contributed by atoms with Crippen molar-refractivity contribution in [2.45, 2.75) is 32.7 Å². The van der Waals surface area contributed by atoms with Crippen LogP contribution in [-0.4, -0.2) is 86.7 Å². The van der Waals surface area contributed by atoms with Gasteiger partial charge in [-0.3, -0.25) is 14.7 Å². The molecule has 2 fully saturated rings. The van der Waals surface area contributed by atoms with E-state index in [0.29, 0.717) is 12.5 Å². The fraction of sp³-hybridized carbons (Fsp3) is 0.875. The van der Waals surface area contributed by atoms with Crippen LogP contribution in [-0.2, 0) is 9.53 Å². The highest BCUT2D eigenvalue weighted by Crippen LogP contribution is 2.10. The lowest BCUT2D eigenvalue weighted by atomic mass is 10.3. The first-order valence-electron chi connectivity index (χ1n) is 8.85. The van der Waals surface area contributed by atoms with Crippen molar-refractivity contribution in [2.24, 2.45) is 4.99 Å². The average molecular weight is 453 g/mol. The highest BCUT2D eigenvalue weighted by Gasteiger charge is 2.25. The minimum absolute atomic E-state index is 0. The number of amides is 1. The van der Waals surface area contributed by atoms with Gasteiger partial charge in [-0.05, 0) is 13.3 Å². The molecule has 0 spiro atoms. The summed E-state index contributed by atoms with van der Waals surface area (Å²) in [5.41, 5.74) is 0. The quantitative estimate of drug-likeness (QED) is 0.349. The zero-order chi connectivity index (χ0) is 16.5. The fourth-order valence-electron chi connectivity index (χ4n) is 2.97. The summed E-state index contributed by atoms with van der Waals surface area (Å²) in [5.74, 6) is 1.10. The molecule has 2 aliphatic rings. The Morgan fingerprint density at radius 1 is 1.25 bits per heavy atom. The van der Waals surface area contributed by atoms with E-state index in [0.717, 1.165) is 71.4 Å². The second kappa shape index (κ2) is 11.9. The number of halogens is 1. The molecule has 0 aromatic carbocycles. The van der Waals surface area contributed by atoms with Crippen LogP contribution in [0.4, 0.5) is 0 Å². The van der Waals surface area contributed by atoms with Crippen LogP contribution < -0.4 is 10.6 Å². The number of likely N-dealkylation sites (tertiary alicyclic amines) is 1. The number of morpholine rings is 1. The van der Waals surface area contributed by atoms with Crippen LogP contribution in [0.3, 0.4) is 0 Å². The number of nitrogens with one attached hydrogen (secondary N) is 2. The second-order valence-corrected chi connectivity index (χ2v) is 6.04. The molecule has 0 radical (unpaired) electrons. The number of guanidine groups is 1. The van der Waals surface area contributed by atoms with E-state index in [9.17, 15) is 4.79 Å². The van der Waals surface area contributed by atoms with E-state index in [1.54, 1.807) is 0 Å². The van der Waals surface area contributed by atoms with Gasteiger partial charge in [0.15, 0.2) is 5.96 Å². The molecule has 8 heteroatoms. The Bertz CT molecular complexity index is 402. The maximum absolute atomic E-state index is 11.8. The maximum Gasteiger partial charge on any atom is 0.222 e. The third kappa shape index (κ3) is 7.10. The number of nitrogens with zero attached hydrogens (tertiary/aromatic N) is 3. The lowest BCUT2D eigenvalue weighted by molar-refractivity contribution is -0.129. The average Bonchev–Trinajstić information content (AvgIpc) is 3.04. The van der Waals surface area contributed by atoms with Gasteiger partial charge in [0.25, 0.3) is 0 Å². The van der Waals surface area contributed by atoms with Crippen molar-refractivity contribution in [1.82, 2.24) is 20.4 Å². The molecule has 1 atom stereocenters. The third-order valence-electron chi connectivity index (χ3n) is 4.32. The van der Waals surface area contributed by atoms with Gasteiger partial charge in [-0.15, -0.1) is 24.0 Å². The number of hydrogen-bond donors (Lipinski definition) is 2. The highest BCUT2D eigenvalue weighted by molar-refractivity contribution is 14.0. The summed E-state index contributed by atoms with van der Waals surface area (Å²) in [5, 5.41) is 6.76. The minimum Gasteiger partial charge on any atom is -0.379 e.